The van der Waals surface area contributed by atoms with Crippen LogP contribution in [-0.2, 0) is 4.79 Å². The zero-order valence-corrected chi connectivity index (χ0v) is 18.7. The van der Waals surface area contributed by atoms with Crippen LogP contribution in [0.2, 0.25) is 0 Å². The van der Waals surface area contributed by atoms with Crippen LogP contribution in [0.25, 0.3) is 0 Å². The van der Waals surface area contributed by atoms with Gasteiger partial charge in [-0.15, -0.1) is 0 Å². The van der Waals surface area contributed by atoms with Crippen molar-refractivity contribution in [2.24, 2.45) is 5.41 Å². The zero-order valence-electron chi connectivity index (χ0n) is 18.7. The van der Waals surface area contributed by atoms with Crippen molar-refractivity contribution in [1.82, 2.24) is 15.3 Å². The third-order valence-electron chi connectivity index (χ3n) is 6.94. The molecule has 2 atom stereocenters. The molecule has 5 rings (SSSR count). The van der Waals surface area contributed by atoms with Gasteiger partial charge in [-0.25, -0.2) is 9.37 Å². The number of hydrogen-bond acceptors (Lipinski definition) is 6. The molecule has 1 aromatic carbocycles. The van der Waals surface area contributed by atoms with Crippen LogP contribution >= 0.6 is 0 Å². The van der Waals surface area contributed by atoms with Gasteiger partial charge in [0.05, 0.1) is 18.8 Å². The van der Waals surface area contributed by atoms with E-state index in [-0.39, 0.29) is 23.9 Å². The minimum Gasteiger partial charge on any atom is -0.489 e. The van der Waals surface area contributed by atoms with Crippen LogP contribution in [0.15, 0.2) is 30.5 Å². The SMILES string of the molecule is CC(=O)N[C@@H](C)c1ccc(O[C@@H]2CCN(c3nc(N4CCC5(CC5)C4)ncc3F)C2)cc1. The Bertz CT molecular complexity index is 994. The number of carbonyl (C=O) groups is 1. The third-order valence-corrected chi connectivity index (χ3v) is 6.94. The van der Waals surface area contributed by atoms with E-state index in [2.05, 4.69) is 20.2 Å². The van der Waals surface area contributed by atoms with Gasteiger partial charge in [-0.2, -0.15) is 4.98 Å². The first kappa shape index (κ1) is 21.0. The highest BCUT2D eigenvalue weighted by molar-refractivity contribution is 5.73. The quantitative estimate of drug-likeness (QED) is 0.743. The summed E-state index contributed by atoms with van der Waals surface area (Å²) in [4.78, 5) is 24.3. The Morgan fingerprint density at radius 3 is 2.69 bits per heavy atom. The van der Waals surface area contributed by atoms with E-state index in [9.17, 15) is 9.18 Å². The number of anilines is 2. The van der Waals surface area contributed by atoms with Gasteiger partial charge in [-0.05, 0) is 49.3 Å². The van der Waals surface area contributed by atoms with Gasteiger partial charge >= 0.3 is 0 Å². The summed E-state index contributed by atoms with van der Waals surface area (Å²) in [5, 5.41) is 2.88. The van der Waals surface area contributed by atoms with E-state index in [1.54, 1.807) is 0 Å². The van der Waals surface area contributed by atoms with Crippen molar-refractivity contribution in [3.63, 3.8) is 0 Å². The fraction of sp³-hybridized carbons (Fsp3) is 0.542. The van der Waals surface area contributed by atoms with E-state index < -0.39 is 0 Å². The number of rotatable bonds is 6. The molecule has 3 heterocycles. The lowest BCUT2D eigenvalue weighted by atomic mass is 10.1. The van der Waals surface area contributed by atoms with Gasteiger partial charge in [0.1, 0.15) is 11.9 Å². The van der Waals surface area contributed by atoms with E-state index in [4.69, 9.17) is 4.74 Å². The highest BCUT2D eigenvalue weighted by Gasteiger charge is 2.48. The molecule has 32 heavy (non-hydrogen) atoms. The molecule has 2 aliphatic heterocycles. The Balaban J connectivity index is 1.21. The number of nitrogens with one attached hydrogen (secondary N) is 1. The maximum Gasteiger partial charge on any atom is 0.227 e. The number of halogens is 1. The first-order valence-electron chi connectivity index (χ1n) is 11.5. The maximum atomic E-state index is 14.6. The zero-order chi connectivity index (χ0) is 22.3. The van der Waals surface area contributed by atoms with Gasteiger partial charge in [-0.1, -0.05) is 12.1 Å². The van der Waals surface area contributed by atoms with Crippen LogP contribution in [0, 0.1) is 11.2 Å². The highest BCUT2D eigenvalue weighted by Crippen LogP contribution is 2.53. The molecule has 1 aromatic heterocycles. The molecule has 2 saturated heterocycles. The normalized spacial score (nSPS) is 22.3. The van der Waals surface area contributed by atoms with E-state index in [0.29, 0.717) is 30.3 Å². The first-order chi connectivity index (χ1) is 15.4. The predicted molar refractivity (Wildman–Crippen MR) is 120 cm³/mol. The van der Waals surface area contributed by atoms with Crippen molar-refractivity contribution >= 4 is 17.7 Å². The second-order valence-electron chi connectivity index (χ2n) is 9.48. The van der Waals surface area contributed by atoms with Gasteiger partial charge in [0, 0.05) is 33.0 Å². The number of carbonyl (C=O) groups excluding carboxylic acids is 1. The Labute approximate surface area is 188 Å². The van der Waals surface area contributed by atoms with Crippen LogP contribution in [-0.4, -0.2) is 48.2 Å². The number of aromatic nitrogens is 2. The van der Waals surface area contributed by atoms with Gasteiger partial charge in [0.15, 0.2) is 11.6 Å². The molecule has 0 unspecified atom stereocenters. The first-order valence-corrected chi connectivity index (χ1v) is 11.5. The van der Waals surface area contributed by atoms with E-state index >= 15 is 0 Å². The molecule has 7 nitrogen and oxygen atoms in total. The predicted octanol–water partition coefficient (Wildman–Crippen LogP) is 3.46. The molecule has 1 N–H and O–H groups in total. The molecule has 1 saturated carbocycles. The summed E-state index contributed by atoms with van der Waals surface area (Å²) in [6.07, 6.45) is 5.83. The Morgan fingerprint density at radius 1 is 1.22 bits per heavy atom. The van der Waals surface area contributed by atoms with Crippen molar-refractivity contribution in [3.05, 3.63) is 41.8 Å². The summed E-state index contributed by atoms with van der Waals surface area (Å²) in [7, 11) is 0. The molecule has 1 spiro atoms. The molecular weight excluding hydrogens is 409 g/mol. The van der Waals surface area contributed by atoms with Crippen molar-refractivity contribution in [2.75, 3.05) is 36.0 Å². The second-order valence-corrected chi connectivity index (χ2v) is 9.48. The van der Waals surface area contributed by atoms with E-state index in [0.717, 1.165) is 30.8 Å². The summed E-state index contributed by atoms with van der Waals surface area (Å²) in [6, 6.07) is 7.70. The summed E-state index contributed by atoms with van der Waals surface area (Å²) in [6.45, 7) is 6.68. The molecule has 170 valence electrons. The standard InChI is InChI=1S/C24H30FN5O2/c1-16(27-17(2)31)18-3-5-19(6-4-18)32-20-7-11-29(14-20)22-21(25)13-26-23(28-22)30-12-10-24(15-30)8-9-24/h3-6,13,16,20H,7-12,14-15H2,1-2H3,(H,27,31)/t16-,20+/m0/s1. The van der Waals surface area contributed by atoms with Crippen LogP contribution < -0.4 is 19.9 Å². The lowest BCUT2D eigenvalue weighted by Gasteiger charge is -2.22. The Morgan fingerprint density at radius 2 is 2.00 bits per heavy atom. The minimum absolute atomic E-state index is 0.0343. The largest absolute Gasteiger partial charge is 0.489 e. The summed E-state index contributed by atoms with van der Waals surface area (Å²) in [5.41, 5.74) is 1.49. The van der Waals surface area contributed by atoms with Crippen LogP contribution in [0.1, 0.15) is 51.1 Å². The molecular formula is C24H30FN5O2. The molecule has 2 aromatic rings. The van der Waals surface area contributed by atoms with Crippen molar-refractivity contribution in [2.45, 2.75) is 51.7 Å². The van der Waals surface area contributed by atoms with Gasteiger partial charge in [0.2, 0.25) is 11.9 Å². The second kappa shape index (κ2) is 8.22. The summed E-state index contributed by atoms with van der Waals surface area (Å²) < 4.78 is 20.7. The Kier molecular flexibility index (Phi) is 5.39. The highest BCUT2D eigenvalue weighted by atomic mass is 19.1. The number of hydrogen-bond donors (Lipinski definition) is 1. The average Bonchev–Trinajstić information content (AvgIpc) is 3.16. The minimum atomic E-state index is -0.383. The van der Waals surface area contributed by atoms with Gasteiger partial charge in [0.25, 0.3) is 0 Å². The lowest BCUT2D eigenvalue weighted by Crippen LogP contribution is -2.28. The smallest absolute Gasteiger partial charge is 0.227 e. The molecule has 3 fully saturated rings. The van der Waals surface area contributed by atoms with Crippen LogP contribution in [0.5, 0.6) is 5.75 Å². The number of ether oxygens (including phenoxy) is 1. The Hall–Kier alpha value is -2.90. The number of benzene rings is 1. The molecule has 1 aliphatic carbocycles. The fourth-order valence-electron chi connectivity index (χ4n) is 4.85. The van der Waals surface area contributed by atoms with Gasteiger partial charge < -0.3 is 19.9 Å². The summed E-state index contributed by atoms with van der Waals surface area (Å²) >= 11 is 0. The fourth-order valence-corrected chi connectivity index (χ4v) is 4.85. The van der Waals surface area contributed by atoms with Crippen molar-refractivity contribution < 1.29 is 13.9 Å². The summed E-state index contributed by atoms with van der Waals surface area (Å²) in [5.74, 6) is 1.34. The molecule has 3 aliphatic rings. The monoisotopic (exact) mass is 439 g/mol. The molecule has 8 heteroatoms. The topological polar surface area (TPSA) is 70.6 Å². The van der Waals surface area contributed by atoms with Crippen LogP contribution in [0.3, 0.4) is 0 Å². The average molecular weight is 440 g/mol. The number of amides is 1. The third kappa shape index (κ3) is 4.36. The van der Waals surface area contributed by atoms with Gasteiger partial charge in [-0.3, -0.25) is 4.79 Å². The van der Waals surface area contributed by atoms with Crippen LogP contribution in [0.4, 0.5) is 16.2 Å². The maximum absolute atomic E-state index is 14.6. The van der Waals surface area contributed by atoms with Crippen molar-refractivity contribution in [1.29, 1.82) is 0 Å². The molecule has 1 amide bonds. The van der Waals surface area contributed by atoms with E-state index in [1.165, 1.54) is 32.4 Å². The van der Waals surface area contributed by atoms with E-state index in [1.807, 2.05) is 36.1 Å². The lowest BCUT2D eigenvalue weighted by molar-refractivity contribution is -0.119. The molecule has 0 radical (unpaired) electrons. The molecule has 0 bridgehead atoms. The number of nitrogens with zero attached hydrogens (tertiary/aromatic N) is 4. The van der Waals surface area contributed by atoms with Crippen molar-refractivity contribution in [3.8, 4) is 5.75 Å².